The summed E-state index contributed by atoms with van der Waals surface area (Å²) in [5, 5.41) is 2.71. The highest BCUT2D eigenvalue weighted by atomic mass is 79.9. The molecule has 4 nitrogen and oxygen atoms in total. The van der Waals surface area contributed by atoms with E-state index in [4.69, 9.17) is 5.73 Å². The summed E-state index contributed by atoms with van der Waals surface area (Å²) in [5.74, 6) is 0.508. The summed E-state index contributed by atoms with van der Waals surface area (Å²) in [6.45, 7) is 3.79. The molecule has 1 aliphatic rings. The molecule has 1 fully saturated rings. The zero-order valence-corrected chi connectivity index (χ0v) is 12.5. The number of halogens is 1. The Kier molecular flexibility index (Phi) is 5.22. The summed E-state index contributed by atoms with van der Waals surface area (Å²) in [5.41, 5.74) is 6.43. The van der Waals surface area contributed by atoms with Gasteiger partial charge in [0.1, 0.15) is 0 Å². The normalized spacial score (nSPS) is 20.2. The first kappa shape index (κ1) is 14.3. The molecule has 1 aromatic rings. The van der Waals surface area contributed by atoms with Gasteiger partial charge in [0.2, 0.25) is 0 Å². The molecule has 0 radical (unpaired) electrons. The number of piperidine rings is 1. The second-order valence-electron chi connectivity index (χ2n) is 5.12. The fraction of sp³-hybridized carbons (Fsp3) is 0.500. The average Bonchev–Trinajstić information content (AvgIpc) is 2.37. The van der Waals surface area contributed by atoms with E-state index in [2.05, 4.69) is 44.3 Å². The van der Waals surface area contributed by atoms with Gasteiger partial charge < -0.3 is 11.1 Å². The molecule has 0 saturated carbocycles. The maximum absolute atomic E-state index is 10.7. The second kappa shape index (κ2) is 6.91. The Morgan fingerprint density at radius 3 is 3.11 bits per heavy atom. The first-order valence-electron chi connectivity index (χ1n) is 6.63. The summed E-state index contributed by atoms with van der Waals surface area (Å²) >= 11 is 3.50. The lowest BCUT2D eigenvalue weighted by Crippen LogP contribution is -2.41. The minimum Gasteiger partial charge on any atom is -0.352 e. The van der Waals surface area contributed by atoms with Crippen molar-refractivity contribution in [3.05, 3.63) is 34.3 Å². The Balaban J connectivity index is 1.85. The Morgan fingerprint density at radius 1 is 1.53 bits per heavy atom. The number of nitrogens with zero attached hydrogens (tertiary/aromatic N) is 1. The van der Waals surface area contributed by atoms with E-state index in [9.17, 15) is 4.79 Å². The van der Waals surface area contributed by atoms with Crippen LogP contribution < -0.4 is 11.1 Å². The molecule has 1 heterocycles. The smallest absolute Gasteiger partial charge is 0.312 e. The van der Waals surface area contributed by atoms with Gasteiger partial charge in [-0.05, 0) is 43.0 Å². The molecule has 0 unspecified atom stereocenters. The van der Waals surface area contributed by atoms with E-state index in [-0.39, 0.29) is 0 Å². The monoisotopic (exact) mass is 325 g/mol. The fourth-order valence-electron chi connectivity index (χ4n) is 2.60. The van der Waals surface area contributed by atoms with Gasteiger partial charge in [0.25, 0.3) is 0 Å². The number of carbonyl (C=O) groups excluding carboxylic acids is 1. The van der Waals surface area contributed by atoms with E-state index in [1.54, 1.807) is 0 Å². The van der Waals surface area contributed by atoms with E-state index in [1.165, 1.54) is 12.0 Å². The topological polar surface area (TPSA) is 58.4 Å². The van der Waals surface area contributed by atoms with Crippen LogP contribution in [0, 0.1) is 5.92 Å². The number of nitrogens with one attached hydrogen (secondary N) is 1. The molecule has 3 N–H and O–H groups in total. The number of hydrogen-bond donors (Lipinski definition) is 2. The number of benzene rings is 1. The molecule has 0 bridgehead atoms. The van der Waals surface area contributed by atoms with E-state index >= 15 is 0 Å². The van der Waals surface area contributed by atoms with Crippen LogP contribution in [0.4, 0.5) is 4.79 Å². The standard InChI is InChI=1S/C14H20BrN3O/c15-13-5-1-3-11(7-13)9-18-6-2-4-12(10-18)8-17-14(16)19/h1,3,5,7,12H,2,4,6,8-10H2,(H3,16,17,19)/t12-/m0/s1. The fourth-order valence-corrected chi connectivity index (χ4v) is 3.05. The van der Waals surface area contributed by atoms with Crippen LogP contribution in [0.25, 0.3) is 0 Å². The molecular weight excluding hydrogens is 306 g/mol. The van der Waals surface area contributed by atoms with Crippen molar-refractivity contribution >= 4 is 22.0 Å². The van der Waals surface area contributed by atoms with Crippen molar-refractivity contribution in [2.24, 2.45) is 11.7 Å². The zero-order valence-electron chi connectivity index (χ0n) is 10.9. The molecule has 1 aromatic carbocycles. The van der Waals surface area contributed by atoms with E-state index in [0.717, 1.165) is 30.5 Å². The molecular formula is C14H20BrN3O. The van der Waals surface area contributed by atoms with Crippen LogP contribution in [0.3, 0.4) is 0 Å². The van der Waals surface area contributed by atoms with E-state index < -0.39 is 6.03 Å². The molecule has 19 heavy (non-hydrogen) atoms. The van der Waals surface area contributed by atoms with Crippen molar-refractivity contribution in [3.8, 4) is 0 Å². The van der Waals surface area contributed by atoms with Crippen LogP contribution in [0.5, 0.6) is 0 Å². The van der Waals surface area contributed by atoms with Gasteiger partial charge in [0.05, 0.1) is 0 Å². The van der Waals surface area contributed by atoms with Crippen LogP contribution in [0.2, 0.25) is 0 Å². The largest absolute Gasteiger partial charge is 0.352 e. The predicted octanol–water partition coefficient (Wildman–Crippen LogP) is 2.33. The van der Waals surface area contributed by atoms with Gasteiger partial charge in [0, 0.05) is 24.1 Å². The zero-order chi connectivity index (χ0) is 13.7. The quantitative estimate of drug-likeness (QED) is 0.892. The molecule has 2 rings (SSSR count). The highest BCUT2D eigenvalue weighted by Gasteiger charge is 2.20. The van der Waals surface area contributed by atoms with Crippen molar-refractivity contribution in [1.29, 1.82) is 0 Å². The van der Waals surface area contributed by atoms with Gasteiger partial charge in [-0.15, -0.1) is 0 Å². The van der Waals surface area contributed by atoms with E-state index in [0.29, 0.717) is 12.5 Å². The van der Waals surface area contributed by atoms with Crippen LogP contribution in [-0.2, 0) is 6.54 Å². The van der Waals surface area contributed by atoms with Gasteiger partial charge in [-0.3, -0.25) is 4.90 Å². The summed E-state index contributed by atoms with van der Waals surface area (Å²) < 4.78 is 1.12. The minimum atomic E-state index is -0.427. The van der Waals surface area contributed by atoms with Crippen LogP contribution in [0.15, 0.2) is 28.7 Å². The first-order valence-corrected chi connectivity index (χ1v) is 7.43. The third kappa shape index (κ3) is 4.84. The van der Waals surface area contributed by atoms with Gasteiger partial charge in [-0.2, -0.15) is 0 Å². The van der Waals surface area contributed by atoms with Gasteiger partial charge in [-0.1, -0.05) is 28.1 Å². The molecule has 1 saturated heterocycles. The molecule has 0 aromatic heterocycles. The number of primary amides is 1. The Labute approximate surface area is 122 Å². The summed E-state index contributed by atoms with van der Waals surface area (Å²) in [6.07, 6.45) is 2.34. The number of likely N-dealkylation sites (tertiary alicyclic amines) is 1. The first-order chi connectivity index (χ1) is 9.13. The van der Waals surface area contributed by atoms with Crippen molar-refractivity contribution < 1.29 is 4.79 Å². The summed E-state index contributed by atoms with van der Waals surface area (Å²) in [6, 6.07) is 7.99. The highest BCUT2D eigenvalue weighted by molar-refractivity contribution is 9.10. The SMILES string of the molecule is NC(=O)NC[C@@H]1CCCN(Cc2cccc(Br)c2)C1. The third-order valence-electron chi connectivity index (χ3n) is 3.46. The molecule has 1 atom stereocenters. The minimum absolute atomic E-state index is 0.427. The van der Waals surface area contributed by atoms with Crippen molar-refractivity contribution in [1.82, 2.24) is 10.2 Å². The van der Waals surface area contributed by atoms with Gasteiger partial charge in [-0.25, -0.2) is 4.79 Å². The Morgan fingerprint density at radius 2 is 2.37 bits per heavy atom. The lowest BCUT2D eigenvalue weighted by molar-refractivity contribution is 0.165. The molecule has 1 aliphatic heterocycles. The molecule has 104 valence electrons. The molecule has 5 heteroatoms. The number of nitrogens with two attached hydrogens (primary N) is 1. The Bertz CT molecular complexity index is 438. The third-order valence-corrected chi connectivity index (χ3v) is 3.96. The lowest BCUT2D eigenvalue weighted by atomic mass is 9.97. The summed E-state index contributed by atoms with van der Waals surface area (Å²) in [4.78, 5) is 13.2. The molecule has 0 spiro atoms. The lowest BCUT2D eigenvalue weighted by Gasteiger charge is -2.32. The Hall–Kier alpha value is -1.07. The maximum Gasteiger partial charge on any atom is 0.312 e. The number of hydrogen-bond acceptors (Lipinski definition) is 2. The molecule has 0 aliphatic carbocycles. The average molecular weight is 326 g/mol. The second-order valence-corrected chi connectivity index (χ2v) is 6.03. The number of urea groups is 1. The van der Waals surface area contributed by atoms with Crippen molar-refractivity contribution in [3.63, 3.8) is 0 Å². The molecule has 2 amide bonds. The number of carbonyl (C=O) groups is 1. The van der Waals surface area contributed by atoms with Gasteiger partial charge in [0.15, 0.2) is 0 Å². The van der Waals surface area contributed by atoms with Crippen LogP contribution in [-0.4, -0.2) is 30.6 Å². The van der Waals surface area contributed by atoms with Crippen LogP contribution >= 0.6 is 15.9 Å². The van der Waals surface area contributed by atoms with Crippen molar-refractivity contribution in [2.75, 3.05) is 19.6 Å². The van der Waals surface area contributed by atoms with Crippen LogP contribution in [0.1, 0.15) is 18.4 Å². The van der Waals surface area contributed by atoms with Gasteiger partial charge >= 0.3 is 6.03 Å². The number of rotatable bonds is 4. The number of amides is 2. The summed E-state index contributed by atoms with van der Waals surface area (Å²) in [7, 11) is 0. The predicted molar refractivity (Wildman–Crippen MR) is 79.7 cm³/mol. The van der Waals surface area contributed by atoms with Crippen molar-refractivity contribution in [2.45, 2.75) is 19.4 Å². The maximum atomic E-state index is 10.7. The van der Waals surface area contributed by atoms with E-state index in [1.807, 2.05) is 6.07 Å². The highest BCUT2D eigenvalue weighted by Crippen LogP contribution is 2.19.